The Balaban J connectivity index is 2.26. The van der Waals surface area contributed by atoms with Gasteiger partial charge in [0.25, 0.3) is 0 Å². The molecule has 1 aromatic heterocycles. The van der Waals surface area contributed by atoms with Gasteiger partial charge in [0, 0.05) is 17.0 Å². The molecule has 0 aliphatic carbocycles. The molecule has 0 saturated heterocycles. The molecule has 0 aliphatic rings. The van der Waals surface area contributed by atoms with Crippen LogP contribution in [-0.2, 0) is 0 Å². The van der Waals surface area contributed by atoms with E-state index in [4.69, 9.17) is 0 Å². The highest BCUT2D eigenvalue weighted by atomic mass is 19.1. The Hall–Kier alpha value is -2.22. The van der Waals surface area contributed by atoms with Crippen molar-refractivity contribution in [3.63, 3.8) is 0 Å². The summed E-state index contributed by atoms with van der Waals surface area (Å²) < 4.78 is 13.9. The molecule has 0 fully saturated rings. The fourth-order valence-corrected chi connectivity index (χ4v) is 1.89. The number of halogens is 1. The van der Waals surface area contributed by atoms with E-state index in [-0.39, 0.29) is 5.82 Å². The van der Waals surface area contributed by atoms with Crippen molar-refractivity contribution < 1.29 is 4.39 Å². The van der Waals surface area contributed by atoms with Gasteiger partial charge in [-0.05, 0) is 12.1 Å². The van der Waals surface area contributed by atoms with E-state index in [1.807, 2.05) is 48.5 Å². The highest BCUT2D eigenvalue weighted by Crippen LogP contribution is 2.23. The van der Waals surface area contributed by atoms with Crippen LogP contribution in [0.5, 0.6) is 0 Å². The van der Waals surface area contributed by atoms with Crippen molar-refractivity contribution >= 4 is 10.9 Å². The van der Waals surface area contributed by atoms with Crippen LogP contribution in [0.15, 0.2) is 60.7 Å². The van der Waals surface area contributed by atoms with Crippen LogP contribution in [-0.4, -0.2) is 4.98 Å². The van der Waals surface area contributed by atoms with Crippen molar-refractivity contribution in [1.29, 1.82) is 0 Å². The molecular weight excluding hydrogens is 213 g/mol. The second-order valence-electron chi connectivity index (χ2n) is 3.87. The number of aromatic nitrogens is 1. The van der Waals surface area contributed by atoms with Crippen LogP contribution in [0.4, 0.5) is 4.39 Å². The lowest BCUT2D eigenvalue weighted by Crippen LogP contribution is -1.88. The van der Waals surface area contributed by atoms with E-state index in [2.05, 4.69) is 4.98 Å². The lowest BCUT2D eigenvalue weighted by molar-refractivity contribution is 0.639. The minimum atomic E-state index is -0.227. The Bertz CT molecular complexity index is 662. The van der Waals surface area contributed by atoms with Crippen LogP contribution in [0.25, 0.3) is 22.2 Å². The molecule has 2 aromatic carbocycles. The molecule has 1 nitrogen and oxygen atoms in total. The lowest BCUT2D eigenvalue weighted by Gasteiger charge is -2.04. The Kier molecular flexibility index (Phi) is 2.33. The molecule has 0 aliphatic heterocycles. The fourth-order valence-electron chi connectivity index (χ4n) is 1.89. The summed E-state index contributed by atoms with van der Waals surface area (Å²) in [4.78, 5) is 4.47. The first-order chi connectivity index (χ1) is 8.34. The average Bonchev–Trinajstić information content (AvgIpc) is 2.40. The van der Waals surface area contributed by atoms with E-state index in [0.717, 1.165) is 5.56 Å². The average molecular weight is 223 g/mol. The standard InChI is InChI=1S/C15H10FN/c16-13-10-15(11-6-2-1-3-7-11)17-14-9-5-4-8-12(13)14/h1-10H. The molecule has 0 bridgehead atoms. The number of hydrogen-bond donors (Lipinski definition) is 0. The zero-order chi connectivity index (χ0) is 11.7. The molecule has 0 atom stereocenters. The number of fused-ring (bicyclic) bond motifs is 1. The minimum Gasteiger partial charge on any atom is -0.248 e. The van der Waals surface area contributed by atoms with Crippen molar-refractivity contribution in [1.82, 2.24) is 4.98 Å². The number of para-hydroxylation sites is 1. The largest absolute Gasteiger partial charge is 0.248 e. The summed E-state index contributed by atoms with van der Waals surface area (Å²) in [6.45, 7) is 0. The van der Waals surface area contributed by atoms with Gasteiger partial charge >= 0.3 is 0 Å². The second-order valence-corrected chi connectivity index (χ2v) is 3.87. The Morgan fingerprint density at radius 2 is 1.53 bits per heavy atom. The zero-order valence-corrected chi connectivity index (χ0v) is 9.10. The van der Waals surface area contributed by atoms with Crippen molar-refractivity contribution in [3.05, 3.63) is 66.5 Å². The molecule has 0 N–H and O–H groups in total. The van der Waals surface area contributed by atoms with E-state index in [1.54, 1.807) is 6.07 Å². The Labute approximate surface area is 98.6 Å². The van der Waals surface area contributed by atoms with Gasteiger partial charge < -0.3 is 0 Å². The SMILES string of the molecule is Fc1cc(-c2ccccc2)nc2ccccc12. The number of rotatable bonds is 1. The molecule has 1 heterocycles. The van der Waals surface area contributed by atoms with Gasteiger partial charge in [0.05, 0.1) is 11.2 Å². The molecule has 17 heavy (non-hydrogen) atoms. The molecule has 3 rings (SSSR count). The number of benzene rings is 2. The first-order valence-corrected chi connectivity index (χ1v) is 5.45. The van der Waals surface area contributed by atoms with Gasteiger partial charge in [0.15, 0.2) is 0 Å². The van der Waals surface area contributed by atoms with E-state index in [1.165, 1.54) is 6.07 Å². The molecule has 0 amide bonds. The quantitative estimate of drug-likeness (QED) is 0.606. The van der Waals surface area contributed by atoms with Gasteiger partial charge in [-0.2, -0.15) is 0 Å². The molecule has 0 unspecified atom stereocenters. The van der Waals surface area contributed by atoms with Crippen molar-refractivity contribution in [2.75, 3.05) is 0 Å². The maximum absolute atomic E-state index is 13.9. The maximum Gasteiger partial charge on any atom is 0.134 e. The third-order valence-corrected chi connectivity index (χ3v) is 2.74. The van der Waals surface area contributed by atoms with Crippen LogP contribution in [0.1, 0.15) is 0 Å². The first-order valence-electron chi connectivity index (χ1n) is 5.45. The molecule has 0 spiro atoms. The topological polar surface area (TPSA) is 12.9 Å². The zero-order valence-electron chi connectivity index (χ0n) is 9.10. The van der Waals surface area contributed by atoms with Crippen molar-refractivity contribution in [3.8, 4) is 11.3 Å². The normalized spacial score (nSPS) is 10.6. The van der Waals surface area contributed by atoms with Crippen molar-refractivity contribution in [2.45, 2.75) is 0 Å². The van der Waals surface area contributed by atoms with Gasteiger partial charge in [-0.1, -0.05) is 42.5 Å². The van der Waals surface area contributed by atoms with Crippen LogP contribution >= 0.6 is 0 Å². The Morgan fingerprint density at radius 1 is 0.824 bits per heavy atom. The molecule has 0 radical (unpaired) electrons. The fraction of sp³-hybridized carbons (Fsp3) is 0. The molecule has 0 saturated carbocycles. The number of hydrogen-bond acceptors (Lipinski definition) is 1. The van der Waals surface area contributed by atoms with Crippen molar-refractivity contribution in [2.24, 2.45) is 0 Å². The van der Waals surface area contributed by atoms with Gasteiger partial charge in [-0.3, -0.25) is 0 Å². The van der Waals surface area contributed by atoms with Crippen LogP contribution in [0.2, 0.25) is 0 Å². The first kappa shape index (κ1) is 9.97. The molecule has 82 valence electrons. The minimum absolute atomic E-state index is 0.227. The molecular formula is C15H10FN. The molecule has 2 heteroatoms. The highest BCUT2D eigenvalue weighted by Gasteiger charge is 2.05. The monoisotopic (exact) mass is 223 g/mol. The molecule has 3 aromatic rings. The summed E-state index contributed by atoms with van der Waals surface area (Å²) in [6, 6.07) is 18.4. The van der Waals surface area contributed by atoms with E-state index < -0.39 is 0 Å². The highest BCUT2D eigenvalue weighted by molar-refractivity contribution is 5.82. The van der Waals surface area contributed by atoms with Gasteiger partial charge in [0.1, 0.15) is 5.82 Å². The summed E-state index contributed by atoms with van der Waals surface area (Å²) in [7, 11) is 0. The van der Waals surface area contributed by atoms with Gasteiger partial charge in [-0.15, -0.1) is 0 Å². The predicted molar refractivity (Wildman–Crippen MR) is 67.1 cm³/mol. The second kappa shape index (κ2) is 3.98. The summed E-state index contributed by atoms with van der Waals surface area (Å²) in [5.41, 5.74) is 2.28. The van der Waals surface area contributed by atoms with Gasteiger partial charge in [-0.25, -0.2) is 9.37 Å². The summed E-state index contributed by atoms with van der Waals surface area (Å²) in [5, 5.41) is 0.562. The summed E-state index contributed by atoms with van der Waals surface area (Å²) >= 11 is 0. The van der Waals surface area contributed by atoms with Gasteiger partial charge in [0.2, 0.25) is 0 Å². The van der Waals surface area contributed by atoms with E-state index in [0.29, 0.717) is 16.6 Å². The smallest absolute Gasteiger partial charge is 0.134 e. The maximum atomic E-state index is 13.9. The predicted octanol–water partition coefficient (Wildman–Crippen LogP) is 4.04. The van der Waals surface area contributed by atoms with E-state index in [9.17, 15) is 4.39 Å². The summed E-state index contributed by atoms with van der Waals surface area (Å²) in [5.74, 6) is -0.227. The third kappa shape index (κ3) is 1.78. The Morgan fingerprint density at radius 3 is 2.35 bits per heavy atom. The summed E-state index contributed by atoms with van der Waals surface area (Å²) in [6.07, 6.45) is 0. The number of pyridine rings is 1. The van der Waals surface area contributed by atoms with E-state index >= 15 is 0 Å². The number of nitrogens with zero attached hydrogens (tertiary/aromatic N) is 1. The third-order valence-electron chi connectivity index (χ3n) is 2.74. The lowest BCUT2D eigenvalue weighted by atomic mass is 10.1. The van der Waals surface area contributed by atoms with Crippen LogP contribution < -0.4 is 0 Å². The van der Waals surface area contributed by atoms with Crippen LogP contribution in [0, 0.1) is 5.82 Å². The van der Waals surface area contributed by atoms with Crippen LogP contribution in [0.3, 0.4) is 0 Å².